The molecule has 2 fully saturated rings. The molecule has 1 aromatic heterocycles. The number of aromatic nitrogens is 1. The number of anilines is 1. The number of esters is 1. The highest BCUT2D eigenvalue weighted by molar-refractivity contribution is 7.17. The third-order valence-electron chi connectivity index (χ3n) is 3.97. The third-order valence-corrected chi connectivity index (χ3v) is 5.01. The fourth-order valence-corrected chi connectivity index (χ4v) is 3.80. The summed E-state index contributed by atoms with van der Waals surface area (Å²) in [5.74, 6) is -0.293. The van der Waals surface area contributed by atoms with Crippen LogP contribution in [-0.2, 0) is 4.74 Å². The maximum atomic E-state index is 11.4. The average molecular weight is 281 g/mol. The second kappa shape index (κ2) is 5.46. The molecular formula is C13H19N3O2S. The van der Waals surface area contributed by atoms with E-state index in [9.17, 15) is 4.79 Å². The van der Waals surface area contributed by atoms with Crippen molar-refractivity contribution in [1.29, 1.82) is 0 Å². The van der Waals surface area contributed by atoms with Gasteiger partial charge in [0, 0.05) is 19.1 Å². The Balaban J connectivity index is 1.64. The van der Waals surface area contributed by atoms with E-state index in [0.717, 1.165) is 18.2 Å². The number of thiazole rings is 1. The molecule has 1 atom stereocenters. The minimum atomic E-state index is -0.293. The van der Waals surface area contributed by atoms with Gasteiger partial charge in [0.1, 0.15) is 4.88 Å². The molecule has 0 radical (unpaired) electrons. The monoisotopic (exact) mass is 281 g/mol. The minimum Gasteiger partial charge on any atom is -0.465 e. The Kier molecular flexibility index (Phi) is 3.70. The largest absolute Gasteiger partial charge is 0.465 e. The number of hydrogen-bond acceptors (Lipinski definition) is 6. The first-order valence-electron chi connectivity index (χ1n) is 6.81. The van der Waals surface area contributed by atoms with Gasteiger partial charge in [0.25, 0.3) is 0 Å². The lowest BCUT2D eigenvalue weighted by molar-refractivity contribution is 0.0606. The first-order chi connectivity index (χ1) is 9.28. The number of methoxy groups -OCH3 is 1. The van der Waals surface area contributed by atoms with Crippen LogP contribution in [0.1, 0.15) is 28.9 Å². The highest BCUT2D eigenvalue weighted by atomic mass is 32.1. The fourth-order valence-electron chi connectivity index (χ4n) is 2.93. The summed E-state index contributed by atoms with van der Waals surface area (Å²) in [6.45, 7) is 4.55. The van der Waals surface area contributed by atoms with E-state index in [-0.39, 0.29) is 5.97 Å². The zero-order valence-corrected chi connectivity index (χ0v) is 12.0. The number of likely N-dealkylation sites (tertiary alicyclic amines) is 1. The van der Waals surface area contributed by atoms with Crippen LogP contribution in [0.25, 0.3) is 0 Å². The van der Waals surface area contributed by atoms with E-state index in [1.165, 1.54) is 50.8 Å². The fraction of sp³-hybridized carbons (Fsp3) is 0.692. The van der Waals surface area contributed by atoms with Crippen molar-refractivity contribution in [3.8, 4) is 0 Å². The molecule has 0 bridgehead atoms. The molecule has 3 heterocycles. The molecule has 0 N–H and O–H groups in total. The lowest BCUT2D eigenvalue weighted by Gasteiger charge is -2.23. The van der Waals surface area contributed by atoms with E-state index in [4.69, 9.17) is 4.74 Å². The normalized spacial score (nSPS) is 24.1. The van der Waals surface area contributed by atoms with Gasteiger partial charge in [-0.2, -0.15) is 0 Å². The molecule has 2 saturated heterocycles. The molecule has 3 rings (SSSR count). The zero-order valence-electron chi connectivity index (χ0n) is 11.2. The predicted molar refractivity (Wildman–Crippen MR) is 74.9 cm³/mol. The third kappa shape index (κ3) is 2.60. The van der Waals surface area contributed by atoms with Crippen molar-refractivity contribution in [2.75, 3.05) is 38.2 Å². The van der Waals surface area contributed by atoms with Gasteiger partial charge in [-0.25, -0.2) is 9.78 Å². The number of carbonyl (C=O) groups is 1. The summed E-state index contributed by atoms with van der Waals surface area (Å²) in [5.41, 5.74) is 0. The van der Waals surface area contributed by atoms with Crippen LogP contribution in [0.4, 0.5) is 5.13 Å². The van der Waals surface area contributed by atoms with Crippen LogP contribution in [0.3, 0.4) is 0 Å². The molecule has 1 unspecified atom stereocenters. The average Bonchev–Trinajstić information content (AvgIpc) is 3.14. The maximum Gasteiger partial charge on any atom is 0.349 e. The number of ether oxygens (including phenoxy) is 1. The van der Waals surface area contributed by atoms with Crippen LogP contribution in [0.15, 0.2) is 6.20 Å². The Labute approximate surface area is 117 Å². The Morgan fingerprint density at radius 3 is 2.95 bits per heavy atom. The van der Waals surface area contributed by atoms with Crippen molar-refractivity contribution in [2.45, 2.75) is 25.3 Å². The number of carbonyl (C=O) groups excluding carboxylic acids is 1. The molecule has 2 aliphatic heterocycles. The summed E-state index contributed by atoms with van der Waals surface area (Å²) in [7, 11) is 1.40. The van der Waals surface area contributed by atoms with Gasteiger partial charge >= 0.3 is 5.97 Å². The zero-order chi connectivity index (χ0) is 13.2. The van der Waals surface area contributed by atoms with Gasteiger partial charge in [0.2, 0.25) is 0 Å². The topological polar surface area (TPSA) is 45.7 Å². The lowest BCUT2D eigenvalue weighted by Crippen LogP contribution is -2.35. The molecule has 2 aliphatic rings. The number of hydrogen-bond donors (Lipinski definition) is 0. The molecule has 0 amide bonds. The molecule has 5 nitrogen and oxygen atoms in total. The second-order valence-corrected chi connectivity index (χ2v) is 6.14. The van der Waals surface area contributed by atoms with Gasteiger partial charge in [0.15, 0.2) is 5.13 Å². The van der Waals surface area contributed by atoms with Gasteiger partial charge in [-0.15, -0.1) is 0 Å². The van der Waals surface area contributed by atoms with E-state index in [1.54, 1.807) is 6.20 Å². The second-order valence-electron chi connectivity index (χ2n) is 5.13. The van der Waals surface area contributed by atoms with Crippen molar-refractivity contribution in [3.05, 3.63) is 11.1 Å². The Bertz CT molecular complexity index is 456. The molecule has 0 saturated carbocycles. The Morgan fingerprint density at radius 2 is 2.21 bits per heavy atom. The molecular weight excluding hydrogens is 262 g/mol. The van der Waals surface area contributed by atoms with Crippen LogP contribution in [0.2, 0.25) is 0 Å². The summed E-state index contributed by atoms with van der Waals surface area (Å²) in [6, 6.07) is 0.660. The van der Waals surface area contributed by atoms with Crippen LogP contribution < -0.4 is 4.90 Å². The number of nitrogens with zero attached hydrogens (tertiary/aromatic N) is 3. The van der Waals surface area contributed by atoms with Gasteiger partial charge < -0.3 is 9.64 Å². The molecule has 104 valence electrons. The van der Waals surface area contributed by atoms with Crippen LogP contribution in [-0.4, -0.2) is 55.2 Å². The summed E-state index contributed by atoms with van der Waals surface area (Å²) in [4.78, 5) is 21.3. The Morgan fingerprint density at radius 1 is 1.42 bits per heavy atom. The molecule has 0 aliphatic carbocycles. The molecule has 0 spiro atoms. The van der Waals surface area contributed by atoms with Crippen molar-refractivity contribution in [2.24, 2.45) is 0 Å². The number of rotatable bonds is 3. The van der Waals surface area contributed by atoms with Crippen LogP contribution in [0.5, 0.6) is 0 Å². The van der Waals surface area contributed by atoms with Gasteiger partial charge in [-0.1, -0.05) is 11.3 Å². The SMILES string of the molecule is COC(=O)c1cnc(N2CCC(N3CCCC3)C2)s1. The first kappa shape index (κ1) is 12.9. The van der Waals surface area contributed by atoms with Crippen LogP contribution >= 0.6 is 11.3 Å². The lowest BCUT2D eigenvalue weighted by atomic mass is 10.2. The van der Waals surface area contributed by atoms with E-state index in [1.807, 2.05) is 0 Å². The van der Waals surface area contributed by atoms with Crippen LogP contribution in [0, 0.1) is 0 Å². The van der Waals surface area contributed by atoms with Crippen molar-refractivity contribution >= 4 is 22.4 Å². The van der Waals surface area contributed by atoms with Gasteiger partial charge in [0.05, 0.1) is 13.3 Å². The van der Waals surface area contributed by atoms with E-state index in [0.29, 0.717) is 10.9 Å². The maximum absolute atomic E-state index is 11.4. The van der Waals surface area contributed by atoms with Gasteiger partial charge in [-0.3, -0.25) is 4.90 Å². The molecule has 19 heavy (non-hydrogen) atoms. The van der Waals surface area contributed by atoms with Crippen molar-refractivity contribution in [1.82, 2.24) is 9.88 Å². The summed E-state index contributed by atoms with van der Waals surface area (Å²) < 4.78 is 4.72. The summed E-state index contributed by atoms with van der Waals surface area (Å²) >= 11 is 1.43. The highest BCUT2D eigenvalue weighted by Gasteiger charge is 2.30. The quantitative estimate of drug-likeness (QED) is 0.788. The standard InChI is InChI=1S/C13H19N3O2S/c1-18-12(17)11-8-14-13(19-11)16-7-4-10(9-16)15-5-2-3-6-15/h8,10H,2-7,9H2,1H3. The van der Waals surface area contributed by atoms with Crippen molar-refractivity contribution < 1.29 is 9.53 Å². The van der Waals surface area contributed by atoms with Gasteiger partial charge in [-0.05, 0) is 32.4 Å². The van der Waals surface area contributed by atoms with E-state index >= 15 is 0 Å². The predicted octanol–water partition coefficient (Wildman–Crippen LogP) is 1.60. The Hall–Kier alpha value is -1.14. The summed E-state index contributed by atoms with van der Waals surface area (Å²) in [5, 5.41) is 0.946. The molecule has 0 aromatic carbocycles. The van der Waals surface area contributed by atoms with E-state index in [2.05, 4.69) is 14.8 Å². The van der Waals surface area contributed by atoms with Crippen molar-refractivity contribution in [3.63, 3.8) is 0 Å². The first-order valence-corrected chi connectivity index (χ1v) is 7.62. The highest BCUT2D eigenvalue weighted by Crippen LogP contribution is 2.28. The summed E-state index contributed by atoms with van der Waals surface area (Å²) in [6.07, 6.45) is 5.49. The minimum absolute atomic E-state index is 0.293. The molecule has 6 heteroatoms. The van der Waals surface area contributed by atoms with E-state index < -0.39 is 0 Å². The smallest absolute Gasteiger partial charge is 0.349 e. The molecule has 1 aromatic rings.